The maximum atomic E-state index is 11.5. The van der Waals surface area contributed by atoms with Crippen molar-refractivity contribution < 1.29 is 14.3 Å². The van der Waals surface area contributed by atoms with Crippen molar-refractivity contribution in [1.82, 2.24) is 5.32 Å². The lowest BCUT2D eigenvalue weighted by Gasteiger charge is -2.18. The molecule has 96 valence electrons. The first-order valence-electron chi connectivity index (χ1n) is 5.97. The summed E-state index contributed by atoms with van der Waals surface area (Å²) < 4.78 is 10.6. The van der Waals surface area contributed by atoms with Crippen LogP contribution in [0.5, 0.6) is 0 Å². The van der Waals surface area contributed by atoms with E-state index in [1.165, 1.54) is 0 Å². The smallest absolute Gasteiger partial charge is 0.249 e. The summed E-state index contributed by atoms with van der Waals surface area (Å²) in [6.07, 6.45) is -0.391. The molecule has 0 heterocycles. The Morgan fingerprint density at radius 1 is 1.19 bits per heavy atom. The molecule has 16 heavy (non-hydrogen) atoms. The van der Waals surface area contributed by atoms with Gasteiger partial charge in [0.05, 0.1) is 6.61 Å². The number of ether oxygens (including phenoxy) is 2. The third-order valence-corrected chi connectivity index (χ3v) is 1.99. The lowest BCUT2D eigenvalue weighted by molar-refractivity contribution is -0.132. The Morgan fingerprint density at radius 2 is 1.81 bits per heavy atom. The average molecular weight is 231 g/mol. The van der Waals surface area contributed by atoms with Crippen molar-refractivity contribution in [2.24, 2.45) is 5.92 Å². The molecule has 0 bridgehead atoms. The van der Waals surface area contributed by atoms with E-state index in [9.17, 15) is 4.79 Å². The Kier molecular flexibility index (Phi) is 8.21. The van der Waals surface area contributed by atoms with E-state index in [2.05, 4.69) is 19.2 Å². The van der Waals surface area contributed by atoms with Crippen LogP contribution in [0.2, 0.25) is 0 Å². The van der Waals surface area contributed by atoms with E-state index in [-0.39, 0.29) is 11.9 Å². The zero-order valence-corrected chi connectivity index (χ0v) is 11.1. The van der Waals surface area contributed by atoms with E-state index in [4.69, 9.17) is 9.47 Å². The third-order valence-electron chi connectivity index (χ3n) is 1.99. The predicted molar refractivity (Wildman–Crippen MR) is 64.3 cm³/mol. The minimum atomic E-state index is -0.391. The van der Waals surface area contributed by atoms with Gasteiger partial charge in [-0.15, -0.1) is 0 Å². The average Bonchev–Trinajstić information content (AvgIpc) is 2.17. The Bertz CT molecular complexity index is 195. The third kappa shape index (κ3) is 7.65. The van der Waals surface area contributed by atoms with Gasteiger partial charge in [0, 0.05) is 19.3 Å². The number of amides is 1. The summed E-state index contributed by atoms with van der Waals surface area (Å²) in [5.74, 6) is 0.438. The molecular weight excluding hydrogens is 206 g/mol. The van der Waals surface area contributed by atoms with E-state index in [1.54, 1.807) is 6.92 Å². The molecule has 0 unspecified atom stereocenters. The fourth-order valence-corrected chi connectivity index (χ4v) is 1.21. The van der Waals surface area contributed by atoms with E-state index in [0.29, 0.717) is 19.1 Å². The molecule has 4 heteroatoms. The number of hydrogen-bond donors (Lipinski definition) is 1. The monoisotopic (exact) mass is 231 g/mol. The Labute approximate surface area is 98.7 Å². The molecule has 1 amide bonds. The topological polar surface area (TPSA) is 47.6 Å². The van der Waals surface area contributed by atoms with Crippen LogP contribution in [0.15, 0.2) is 0 Å². The highest BCUT2D eigenvalue weighted by Gasteiger charge is 2.14. The van der Waals surface area contributed by atoms with Gasteiger partial charge in [-0.05, 0) is 26.7 Å². The molecule has 0 aliphatic heterocycles. The summed E-state index contributed by atoms with van der Waals surface area (Å²) in [5.41, 5.74) is 0. The van der Waals surface area contributed by atoms with Crippen molar-refractivity contribution in [3.8, 4) is 0 Å². The van der Waals surface area contributed by atoms with Gasteiger partial charge in [0.15, 0.2) is 0 Å². The second-order valence-electron chi connectivity index (χ2n) is 4.44. The van der Waals surface area contributed by atoms with E-state index >= 15 is 0 Å². The molecule has 0 saturated carbocycles. The quantitative estimate of drug-likeness (QED) is 0.690. The van der Waals surface area contributed by atoms with Crippen molar-refractivity contribution in [2.75, 3.05) is 19.8 Å². The normalized spacial score (nSPS) is 14.9. The molecule has 2 atom stereocenters. The van der Waals surface area contributed by atoms with Gasteiger partial charge in [-0.25, -0.2) is 0 Å². The van der Waals surface area contributed by atoms with E-state index in [1.807, 2.05) is 13.8 Å². The van der Waals surface area contributed by atoms with Crippen molar-refractivity contribution in [3.63, 3.8) is 0 Å². The second-order valence-corrected chi connectivity index (χ2v) is 4.44. The van der Waals surface area contributed by atoms with Crippen LogP contribution in [0.4, 0.5) is 0 Å². The molecule has 0 saturated heterocycles. The Balaban J connectivity index is 3.69. The Hall–Kier alpha value is -0.610. The molecule has 0 aromatic rings. The summed E-state index contributed by atoms with van der Waals surface area (Å²) in [6.45, 7) is 11.6. The van der Waals surface area contributed by atoms with Gasteiger partial charge < -0.3 is 14.8 Å². The van der Waals surface area contributed by atoms with Crippen molar-refractivity contribution in [2.45, 2.75) is 46.8 Å². The molecule has 0 aromatic carbocycles. The first-order chi connectivity index (χ1) is 7.47. The maximum Gasteiger partial charge on any atom is 0.249 e. The molecule has 0 radical (unpaired) electrons. The zero-order valence-electron chi connectivity index (χ0n) is 11.1. The molecule has 0 aliphatic rings. The summed E-state index contributed by atoms with van der Waals surface area (Å²) >= 11 is 0. The molecule has 0 aromatic heterocycles. The molecule has 0 fully saturated rings. The van der Waals surface area contributed by atoms with Crippen LogP contribution in [-0.4, -0.2) is 37.9 Å². The number of carbonyl (C=O) groups is 1. The summed E-state index contributed by atoms with van der Waals surface area (Å²) in [6, 6.07) is 0.0224. The van der Waals surface area contributed by atoms with Gasteiger partial charge in [0.25, 0.3) is 0 Å². The fraction of sp³-hybridized carbons (Fsp3) is 0.917. The maximum absolute atomic E-state index is 11.5. The van der Waals surface area contributed by atoms with Gasteiger partial charge >= 0.3 is 0 Å². The van der Waals surface area contributed by atoms with E-state index < -0.39 is 6.10 Å². The van der Waals surface area contributed by atoms with Crippen molar-refractivity contribution in [3.05, 3.63) is 0 Å². The number of nitrogens with one attached hydrogen (secondary N) is 1. The molecule has 0 rings (SSSR count). The second kappa shape index (κ2) is 8.53. The van der Waals surface area contributed by atoms with Gasteiger partial charge in [-0.2, -0.15) is 0 Å². The molecule has 1 N–H and O–H groups in total. The Morgan fingerprint density at radius 3 is 2.31 bits per heavy atom. The predicted octanol–water partition coefficient (Wildman–Crippen LogP) is 1.59. The lowest BCUT2D eigenvalue weighted by Crippen LogP contribution is -2.42. The van der Waals surface area contributed by atoms with Gasteiger partial charge in [-0.1, -0.05) is 13.8 Å². The highest BCUT2D eigenvalue weighted by atomic mass is 16.5. The van der Waals surface area contributed by atoms with Crippen molar-refractivity contribution >= 4 is 5.91 Å². The van der Waals surface area contributed by atoms with Crippen molar-refractivity contribution in [1.29, 1.82) is 0 Å². The van der Waals surface area contributed by atoms with Crippen LogP contribution in [0, 0.1) is 5.92 Å². The fourth-order valence-electron chi connectivity index (χ4n) is 1.21. The van der Waals surface area contributed by atoms with Gasteiger partial charge in [-0.3, -0.25) is 4.79 Å². The SMILES string of the molecule is CCO[C@H](C)C(=O)N[C@@H](C)COCC(C)C. The van der Waals surface area contributed by atoms with Crippen LogP contribution < -0.4 is 5.32 Å². The molecule has 0 spiro atoms. The van der Waals surface area contributed by atoms with Gasteiger partial charge in [0.1, 0.15) is 6.10 Å². The lowest BCUT2D eigenvalue weighted by atomic mass is 10.2. The highest BCUT2D eigenvalue weighted by molar-refractivity contribution is 5.80. The largest absolute Gasteiger partial charge is 0.379 e. The summed E-state index contributed by atoms with van der Waals surface area (Å²) in [7, 11) is 0. The first kappa shape index (κ1) is 15.4. The number of rotatable bonds is 8. The van der Waals surface area contributed by atoms with Crippen LogP contribution in [0.1, 0.15) is 34.6 Å². The highest BCUT2D eigenvalue weighted by Crippen LogP contribution is 1.96. The van der Waals surface area contributed by atoms with Gasteiger partial charge in [0.2, 0.25) is 5.91 Å². The zero-order chi connectivity index (χ0) is 12.6. The number of hydrogen-bond acceptors (Lipinski definition) is 3. The van der Waals surface area contributed by atoms with Crippen LogP contribution in [0.25, 0.3) is 0 Å². The minimum Gasteiger partial charge on any atom is -0.379 e. The summed E-state index contributed by atoms with van der Waals surface area (Å²) in [4.78, 5) is 11.5. The number of carbonyl (C=O) groups excluding carboxylic acids is 1. The molecule has 0 aliphatic carbocycles. The first-order valence-corrected chi connectivity index (χ1v) is 5.97. The standard InChI is InChI=1S/C12H25NO3/c1-6-16-11(5)12(14)13-10(4)8-15-7-9(2)3/h9-11H,6-8H2,1-5H3,(H,13,14)/t10-,11+/m0/s1. The summed E-state index contributed by atoms with van der Waals surface area (Å²) in [5, 5.41) is 2.85. The van der Waals surface area contributed by atoms with E-state index in [0.717, 1.165) is 6.61 Å². The molecular formula is C12H25NO3. The van der Waals surface area contributed by atoms with Crippen LogP contribution in [-0.2, 0) is 14.3 Å². The van der Waals surface area contributed by atoms with Crippen LogP contribution >= 0.6 is 0 Å². The van der Waals surface area contributed by atoms with Crippen LogP contribution in [0.3, 0.4) is 0 Å². The minimum absolute atomic E-state index is 0.0224. The molecule has 4 nitrogen and oxygen atoms in total.